The lowest BCUT2D eigenvalue weighted by atomic mass is 9.83. The summed E-state index contributed by atoms with van der Waals surface area (Å²) in [4.78, 5) is 0. The van der Waals surface area contributed by atoms with Gasteiger partial charge in [-0.2, -0.15) is 0 Å². The highest BCUT2D eigenvalue weighted by atomic mass is 35.5. The van der Waals surface area contributed by atoms with Crippen LogP contribution in [0, 0.1) is 0 Å². The van der Waals surface area contributed by atoms with Gasteiger partial charge >= 0.3 is 0 Å². The highest BCUT2D eigenvalue weighted by Gasteiger charge is 2.64. The van der Waals surface area contributed by atoms with E-state index in [1.165, 1.54) is 0 Å². The van der Waals surface area contributed by atoms with Crippen molar-refractivity contribution in [1.29, 1.82) is 0 Å². The molecule has 6 nitrogen and oxygen atoms in total. The number of rotatable bonds is 6. The van der Waals surface area contributed by atoms with Crippen LogP contribution in [0.25, 0.3) is 0 Å². The van der Waals surface area contributed by atoms with E-state index < -0.39 is 29.7 Å². The molecule has 0 aliphatic carbocycles. The van der Waals surface area contributed by atoms with Gasteiger partial charge in [0.05, 0.1) is 25.4 Å². The SMILES string of the molecule is CCOc1ccc(Cc2cc([C@@]34OC[C@@](C(C)O)(C[C@H](O)[C@H]3O)O4)ccc2Cl)cc1. The fraction of sp³-hybridized carbons (Fsp3) is 0.478. The Hall–Kier alpha value is -1.67. The van der Waals surface area contributed by atoms with Gasteiger partial charge in [-0.3, -0.25) is 0 Å². The van der Waals surface area contributed by atoms with E-state index >= 15 is 0 Å². The zero-order valence-corrected chi connectivity index (χ0v) is 17.8. The molecule has 2 saturated heterocycles. The molecule has 4 rings (SSSR count). The van der Waals surface area contributed by atoms with Crippen molar-refractivity contribution >= 4 is 11.6 Å². The molecule has 2 aromatic carbocycles. The first kappa shape index (κ1) is 21.6. The maximum atomic E-state index is 10.8. The Morgan fingerprint density at radius 2 is 1.93 bits per heavy atom. The molecule has 2 bridgehead atoms. The van der Waals surface area contributed by atoms with Gasteiger partial charge in [-0.1, -0.05) is 29.8 Å². The summed E-state index contributed by atoms with van der Waals surface area (Å²) in [6.45, 7) is 4.23. The van der Waals surface area contributed by atoms with Gasteiger partial charge in [0.2, 0.25) is 5.79 Å². The van der Waals surface area contributed by atoms with Crippen molar-refractivity contribution in [3.8, 4) is 5.75 Å². The Kier molecular flexibility index (Phi) is 5.83. The predicted octanol–water partition coefficient (Wildman–Crippen LogP) is 2.77. The summed E-state index contributed by atoms with van der Waals surface area (Å²) in [5, 5.41) is 32.1. The Bertz CT molecular complexity index is 901. The first-order valence-electron chi connectivity index (χ1n) is 10.2. The average molecular weight is 435 g/mol. The van der Waals surface area contributed by atoms with Gasteiger partial charge in [-0.15, -0.1) is 0 Å². The molecule has 0 amide bonds. The Labute approximate surface area is 181 Å². The zero-order chi connectivity index (χ0) is 21.5. The predicted molar refractivity (Wildman–Crippen MR) is 112 cm³/mol. The summed E-state index contributed by atoms with van der Waals surface area (Å²) in [7, 11) is 0. The monoisotopic (exact) mass is 434 g/mol. The third-order valence-electron chi connectivity index (χ3n) is 6.03. The van der Waals surface area contributed by atoms with E-state index in [1.807, 2.05) is 37.3 Å². The van der Waals surface area contributed by atoms with Crippen LogP contribution < -0.4 is 4.74 Å². The fourth-order valence-corrected chi connectivity index (χ4v) is 4.45. The van der Waals surface area contributed by atoms with Crippen LogP contribution in [0.15, 0.2) is 42.5 Å². The van der Waals surface area contributed by atoms with E-state index in [4.69, 9.17) is 25.8 Å². The van der Waals surface area contributed by atoms with E-state index in [9.17, 15) is 15.3 Å². The maximum absolute atomic E-state index is 10.8. The number of benzene rings is 2. The minimum atomic E-state index is -1.55. The second kappa shape index (κ2) is 8.11. The molecule has 2 aliphatic heterocycles. The van der Waals surface area contributed by atoms with Crippen LogP contribution in [-0.2, 0) is 21.7 Å². The average Bonchev–Trinajstić information content (AvgIpc) is 3.08. The number of halogens is 1. The highest BCUT2D eigenvalue weighted by Crippen LogP contribution is 2.51. The van der Waals surface area contributed by atoms with E-state index in [0.29, 0.717) is 23.6 Å². The molecular formula is C23H27ClO6. The summed E-state index contributed by atoms with van der Waals surface area (Å²) in [5.41, 5.74) is 1.38. The fourth-order valence-electron chi connectivity index (χ4n) is 4.26. The summed E-state index contributed by atoms with van der Waals surface area (Å²) < 4.78 is 17.6. The molecule has 162 valence electrons. The lowest BCUT2D eigenvalue weighted by Crippen LogP contribution is -2.58. The molecule has 5 atom stereocenters. The van der Waals surface area contributed by atoms with Crippen molar-refractivity contribution in [2.24, 2.45) is 0 Å². The van der Waals surface area contributed by atoms with Crippen molar-refractivity contribution in [1.82, 2.24) is 0 Å². The van der Waals surface area contributed by atoms with Gasteiger partial charge in [-0.05, 0) is 55.7 Å². The van der Waals surface area contributed by atoms with Gasteiger partial charge < -0.3 is 29.5 Å². The molecule has 2 fully saturated rings. The number of hydrogen-bond acceptors (Lipinski definition) is 6. The molecule has 0 radical (unpaired) electrons. The van der Waals surface area contributed by atoms with Gasteiger partial charge in [0, 0.05) is 17.0 Å². The lowest BCUT2D eigenvalue weighted by molar-refractivity contribution is -0.309. The number of aliphatic hydroxyl groups excluding tert-OH is 3. The quantitative estimate of drug-likeness (QED) is 0.648. The van der Waals surface area contributed by atoms with Crippen LogP contribution in [-0.4, -0.2) is 52.4 Å². The van der Waals surface area contributed by atoms with Gasteiger partial charge in [0.25, 0.3) is 0 Å². The van der Waals surface area contributed by atoms with Crippen LogP contribution in [0.3, 0.4) is 0 Å². The summed E-state index contributed by atoms with van der Waals surface area (Å²) >= 11 is 6.45. The molecule has 0 saturated carbocycles. The topological polar surface area (TPSA) is 88.4 Å². The van der Waals surface area contributed by atoms with E-state index in [0.717, 1.165) is 16.9 Å². The van der Waals surface area contributed by atoms with E-state index in [2.05, 4.69) is 0 Å². The summed E-state index contributed by atoms with van der Waals surface area (Å²) in [5.74, 6) is -0.742. The molecule has 30 heavy (non-hydrogen) atoms. The third kappa shape index (κ3) is 3.62. The number of aliphatic hydroxyl groups is 3. The summed E-state index contributed by atoms with van der Waals surface area (Å²) in [6, 6.07) is 13.1. The second-order valence-corrected chi connectivity index (χ2v) is 8.48. The third-order valence-corrected chi connectivity index (χ3v) is 6.40. The largest absolute Gasteiger partial charge is 0.494 e. The smallest absolute Gasteiger partial charge is 0.225 e. The van der Waals surface area contributed by atoms with Crippen LogP contribution in [0.4, 0.5) is 0 Å². The van der Waals surface area contributed by atoms with Crippen LogP contribution in [0.1, 0.15) is 37.0 Å². The molecule has 2 aromatic rings. The van der Waals surface area contributed by atoms with Gasteiger partial charge in [0.15, 0.2) is 0 Å². The standard InChI is InChI=1S/C23H27ClO6/c1-3-28-18-7-4-15(5-8-18)10-16-11-17(6-9-19(16)24)23-21(27)20(26)12-22(30-23,13-29-23)14(2)25/h4-9,11,14,20-21,25-27H,3,10,12-13H2,1-2H3/t14?,20-,21+,22+,23-/m0/s1. The van der Waals surface area contributed by atoms with Crippen LogP contribution in [0.2, 0.25) is 5.02 Å². The van der Waals surface area contributed by atoms with Crippen molar-refractivity contribution in [2.45, 2.75) is 56.4 Å². The highest BCUT2D eigenvalue weighted by molar-refractivity contribution is 6.31. The Morgan fingerprint density at radius 3 is 2.60 bits per heavy atom. The molecule has 2 aliphatic rings. The van der Waals surface area contributed by atoms with Crippen LogP contribution >= 0.6 is 11.6 Å². The first-order chi connectivity index (χ1) is 14.3. The van der Waals surface area contributed by atoms with Crippen molar-refractivity contribution in [2.75, 3.05) is 13.2 Å². The number of ether oxygens (including phenoxy) is 3. The first-order valence-corrected chi connectivity index (χ1v) is 10.6. The van der Waals surface area contributed by atoms with Crippen LogP contribution in [0.5, 0.6) is 5.75 Å². The molecule has 3 N–H and O–H groups in total. The molecule has 0 aromatic heterocycles. The minimum Gasteiger partial charge on any atom is -0.494 e. The zero-order valence-electron chi connectivity index (χ0n) is 17.0. The Morgan fingerprint density at radius 1 is 1.20 bits per heavy atom. The Balaban J connectivity index is 1.65. The van der Waals surface area contributed by atoms with Crippen molar-refractivity contribution in [3.05, 3.63) is 64.2 Å². The van der Waals surface area contributed by atoms with Gasteiger partial charge in [-0.25, -0.2) is 0 Å². The normalized spacial score (nSPS) is 31.5. The molecular weight excluding hydrogens is 408 g/mol. The lowest BCUT2D eigenvalue weighted by Gasteiger charge is -2.44. The van der Waals surface area contributed by atoms with Crippen molar-refractivity contribution in [3.63, 3.8) is 0 Å². The van der Waals surface area contributed by atoms with E-state index in [1.54, 1.807) is 19.1 Å². The van der Waals surface area contributed by atoms with Crippen molar-refractivity contribution < 1.29 is 29.5 Å². The minimum absolute atomic E-state index is 0.0790. The number of hydrogen-bond donors (Lipinski definition) is 3. The molecule has 1 unspecified atom stereocenters. The number of fused-ring (bicyclic) bond motifs is 2. The molecule has 0 spiro atoms. The second-order valence-electron chi connectivity index (χ2n) is 8.08. The van der Waals surface area contributed by atoms with Gasteiger partial charge in [0.1, 0.15) is 17.5 Å². The maximum Gasteiger partial charge on any atom is 0.225 e. The summed E-state index contributed by atoms with van der Waals surface area (Å²) in [6.07, 6.45) is -2.57. The van der Waals surface area contributed by atoms with E-state index in [-0.39, 0.29) is 13.0 Å². The molecule has 7 heteroatoms. The molecule has 2 heterocycles.